The Morgan fingerprint density at radius 2 is 1.52 bits per heavy atom. The van der Waals surface area contributed by atoms with Gasteiger partial charge in [0, 0.05) is 16.1 Å². The minimum atomic E-state index is -0.951. The van der Waals surface area contributed by atoms with Crippen LogP contribution in [-0.4, -0.2) is 36.0 Å². The van der Waals surface area contributed by atoms with E-state index in [1.807, 2.05) is 38.1 Å². The molecule has 0 saturated heterocycles. The SMILES string of the molecule is Cc1ccc(B(OC(=O)C(N)CCCC(N)CC(=O)O)c2ccc(C)c(Cl)c2)cc1Cl. The number of hydrogen-bond acceptors (Lipinski definition) is 5. The number of carbonyl (C=O) groups excluding carboxylic acids is 1. The molecular formula is C22H27BCl2N2O4. The third-order valence-electron chi connectivity index (χ3n) is 5.06. The van der Waals surface area contributed by atoms with Gasteiger partial charge in [-0.3, -0.25) is 9.59 Å². The zero-order chi connectivity index (χ0) is 23.1. The summed E-state index contributed by atoms with van der Waals surface area (Å²) in [7, 11) is 0. The van der Waals surface area contributed by atoms with Gasteiger partial charge in [0.2, 0.25) is 0 Å². The average molecular weight is 465 g/mol. The van der Waals surface area contributed by atoms with Gasteiger partial charge in [0.1, 0.15) is 6.04 Å². The third kappa shape index (κ3) is 7.54. The van der Waals surface area contributed by atoms with Crippen LogP contribution < -0.4 is 22.4 Å². The molecule has 31 heavy (non-hydrogen) atoms. The summed E-state index contributed by atoms with van der Waals surface area (Å²) in [6.07, 6.45) is 1.19. The van der Waals surface area contributed by atoms with Gasteiger partial charge >= 0.3 is 18.9 Å². The van der Waals surface area contributed by atoms with E-state index in [0.717, 1.165) is 11.1 Å². The lowest BCUT2D eigenvalue weighted by molar-refractivity contribution is -0.138. The summed E-state index contributed by atoms with van der Waals surface area (Å²) in [6, 6.07) is 9.61. The molecule has 0 aliphatic rings. The average Bonchev–Trinajstić information content (AvgIpc) is 2.69. The molecule has 0 radical (unpaired) electrons. The molecule has 166 valence electrons. The van der Waals surface area contributed by atoms with E-state index in [9.17, 15) is 9.59 Å². The summed E-state index contributed by atoms with van der Waals surface area (Å²) in [6.45, 7) is 3.06. The Balaban J connectivity index is 2.14. The summed E-state index contributed by atoms with van der Waals surface area (Å²) >= 11 is 12.6. The largest absolute Gasteiger partial charge is 0.525 e. The Morgan fingerprint density at radius 1 is 1.00 bits per heavy atom. The fourth-order valence-electron chi connectivity index (χ4n) is 3.12. The van der Waals surface area contributed by atoms with Crippen LogP contribution in [0.3, 0.4) is 0 Å². The monoisotopic (exact) mass is 464 g/mol. The van der Waals surface area contributed by atoms with Crippen molar-refractivity contribution in [2.24, 2.45) is 11.5 Å². The van der Waals surface area contributed by atoms with E-state index in [2.05, 4.69) is 0 Å². The molecule has 0 aromatic heterocycles. The van der Waals surface area contributed by atoms with Crippen molar-refractivity contribution in [1.82, 2.24) is 0 Å². The third-order valence-corrected chi connectivity index (χ3v) is 5.88. The summed E-state index contributed by atoms with van der Waals surface area (Å²) < 4.78 is 5.79. The van der Waals surface area contributed by atoms with E-state index in [-0.39, 0.29) is 6.42 Å². The number of nitrogens with two attached hydrogens (primary N) is 2. The molecular weight excluding hydrogens is 438 g/mol. The highest BCUT2D eigenvalue weighted by atomic mass is 35.5. The smallest absolute Gasteiger partial charge is 0.429 e. The lowest BCUT2D eigenvalue weighted by atomic mass is 9.55. The quantitative estimate of drug-likeness (QED) is 0.465. The summed E-state index contributed by atoms with van der Waals surface area (Å²) in [5.41, 5.74) is 15.0. The molecule has 0 bridgehead atoms. The molecule has 2 atom stereocenters. The summed E-state index contributed by atoms with van der Waals surface area (Å²) in [5, 5.41) is 9.90. The molecule has 2 rings (SSSR count). The van der Waals surface area contributed by atoms with E-state index in [4.69, 9.17) is 44.4 Å². The molecule has 6 nitrogen and oxygen atoms in total. The molecule has 0 aliphatic heterocycles. The number of halogens is 2. The Bertz CT molecular complexity index is 890. The van der Waals surface area contributed by atoms with E-state index < -0.39 is 30.9 Å². The molecule has 2 aromatic carbocycles. The highest BCUT2D eigenvalue weighted by Gasteiger charge is 2.29. The number of hydrogen-bond donors (Lipinski definition) is 3. The number of aliphatic carboxylic acids is 1. The molecule has 0 saturated carbocycles. The first-order valence-electron chi connectivity index (χ1n) is 10.0. The Morgan fingerprint density at radius 3 is 1.97 bits per heavy atom. The van der Waals surface area contributed by atoms with Crippen LogP contribution in [0.5, 0.6) is 0 Å². The van der Waals surface area contributed by atoms with Crippen LogP contribution in [0.1, 0.15) is 36.8 Å². The van der Waals surface area contributed by atoms with Gasteiger partial charge in [-0.2, -0.15) is 0 Å². The fourth-order valence-corrected chi connectivity index (χ4v) is 3.50. The van der Waals surface area contributed by atoms with Crippen LogP contribution in [0.25, 0.3) is 0 Å². The zero-order valence-corrected chi connectivity index (χ0v) is 19.1. The van der Waals surface area contributed by atoms with Crippen molar-refractivity contribution >= 4 is 53.0 Å². The van der Waals surface area contributed by atoms with Crippen molar-refractivity contribution in [2.45, 2.75) is 51.6 Å². The van der Waals surface area contributed by atoms with Gasteiger partial charge in [0.25, 0.3) is 0 Å². The first kappa shape index (κ1) is 25.2. The van der Waals surface area contributed by atoms with Gasteiger partial charge in [-0.05, 0) is 67.3 Å². The number of benzene rings is 2. The predicted molar refractivity (Wildman–Crippen MR) is 126 cm³/mol. The lowest BCUT2D eigenvalue weighted by Gasteiger charge is -2.20. The van der Waals surface area contributed by atoms with Crippen molar-refractivity contribution in [3.63, 3.8) is 0 Å². The van der Waals surface area contributed by atoms with Crippen LogP contribution in [0.2, 0.25) is 10.0 Å². The Kier molecular flexibility index (Phi) is 9.38. The molecule has 5 N–H and O–H groups in total. The fraction of sp³-hybridized carbons (Fsp3) is 0.364. The molecule has 0 fully saturated rings. The zero-order valence-electron chi connectivity index (χ0n) is 17.6. The highest BCUT2D eigenvalue weighted by Crippen LogP contribution is 2.15. The van der Waals surface area contributed by atoms with Crippen LogP contribution in [0, 0.1) is 13.8 Å². The van der Waals surface area contributed by atoms with E-state index >= 15 is 0 Å². The van der Waals surface area contributed by atoms with Gasteiger partial charge < -0.3 is 21.2 Å². The Hall–Kier alpha value is -2.06. The standard InChI is InChI=1S/C22H27BCl2N2O4/c1-13-6-8-15(10-18(13)24)23(16-9-7-14(2)19(25)11-16)31-22(30)20(27)5-3-4-17(26)12-21(28)29/h6-11,17,20H,3-5,12,26-27H2,1-2H3,(H,28,29). The molecule has 0 heterocycles. The van der Waals surface area contributed by atoms with Crippen molar-refractivity contribution in [1.29, 1.82) is 0 Å². The summed E-state index contributed by atoms with van der Waals surface area (Å²) in [4.78, 5) is 23.4. The van der Waals surface area contributed by atoms with Crippen molar-refractivity contribution < 1.29 is 19.3 Å². The van der Waals surface area contributed by atoms with Crippen LogP contribution in [0.4, 0.5) is 0 Å². The number of carboxylic acids is 1. The normalized spacial score (nSPS) is 12.8. The second kappa shape index (κ2) is 11.5. The van der Waals surface area contributed by atoms with Gasteiger partial charge in [0.05, 0.1) is 6.42 Å². The van der Waals surface area contributed by atoms with Crippen LogP contribution in [0.15, 0.2) is 36.4 Å². The first-order valence-corrected chi connectivity index (χ1v) is 10.8. The van der Waals surface area contributed by atoms with E-state index in [0.29, 0.717) is 40.2 Å². The molecule has 0 spiro atoms. The number of rotatable bonds is 10. The van der Waals surface area contributed by atoms with E-state index in [1.165, 1.54) is 0 Å². The number of aryl methyl sites for hydroxylation is 2. The van der Waals surface area contributed by atoms with Crippen molar-refractivity contribution in [3.05, 3.63) is 57.6 Å². The molecule has 0 amide bonds. The second-order valence-electron chi connectivity index (χ2n) is 7.73. The molecule has 9 heteroatoms. The molecule has 0 aliphatic carbocycles. The highest BCUT2D eigenvalue weighted by molar-refractivity contribution is 6.81. The predicted octanol–water partition coefficient (Wildman–Crippen LogP) is 2.56. The number of carbonyl (C=O) groups is 2. The van der Waals surface area contributed by atoms with Gasteiger partial charge in [-0.25, -0.2) is 0 Å². The van der Waals surface area contributed by atoms with Gasteiger partial charge in [-0.1, -0.05) is 47.5 Å². The minimum absolute atomic E-state index is 0.121. The van der Waals surface area contributed by atoms with Gasteiger partial charge in [-0.15, -0.1) is 0 Å². The van der Waals surface area contributed by atoms with Crippen molar-refractivity contribution in [2.75, 3.05) is 0 Å². The molecule has 2 unspecified atom stereocenters. The first-order chi connectivity index (χ1) is 14.6. The van der Waals surface area contributed by atoms with Crippen molar-refractivity contribution in [3.8, 4) is 0 Å². The minimum Gasteiger partial charge on any atom is -0.525 e. The summed E-state index contributed by atoms with van der Waals surface area (Å²) in [5.74, 6) is -1.52. The van der Waals surface area contributed by atoms with E-state index in [1.54, 1.807) is 12.1 Å². The molecule has 2 aromatic rings. The maximum absolute atomic E-state index is 12.7. The van der Waals surface area contributed by atoms with Gasteiger partial charge in [0.15, 0.2) is 0 Å². The second-order valence-corrected chi connectivity index (χ2v) is 8.54. The van der Waals surface area contributed by atoms with Crippen LogP contribution >= 0.6 is 23.2 Å². The maximum atomic E-state index is 12.7. The lowest BCUT2D eigenvalue weighted by Crippen LogP contribution is -2.49. The number of carboxylic acid groups (broad SMARTS) is 1. The Labute approximate surface area is 193 Å². The maximum Gasteiger partial charge on any atom is 0.429 e. The topological polar surface area (TPSA) is 116 Å². The van der Waals surface area contributed by atoms with Crippen LogP contribution in [-0.2, 0) is 14.2 Å².